The smallest absolute Gasteiger partial charge is 0.390 e. The molecular weight excluding hydrogens is 283 g/mol. The van der Waals surface area contributed by atoms with Gasteiger partial charge in [-0.2, -0.15) is 18.3 Å². The van der Waals surface area contributed by atoms with Crippen molar-refractivity contribution in [3.63, 3.8) is 0 Å². The Hall–Kier alpha value is -1.86. The Kier molecular flexibility index (Phi) is 4.64. The first-order valence-corrected chi connectivity index (χ1v) is 6.44. The lowest BCUT2D eigenvalue weighted by atomic mass is 10.0. The highest BCUT2D eigenvalue weighted by Crippen LogP contribution is 2.27. The maximum Gasteiger partial charge on any atom is 0.435 e. The van der Waals surface area contributed by atoms with Crippen molar-refractivity contribution in [3.05, 3.63) is 53.9 Å². The number of aliphatic hydroxyl groups excluding tert-OH is 1. The van der Waals surface area contributed by atoms with Crippen LogP contribution >= 0.6 is 0 Å². The first kappa shape index (κ1) is 15.5. The molecule has 21 heavy (non-hydrogen) atoms. The van der Waals surface area contributed by atoms with E-state index in [9.17, 15) is 18.3 Å². The number of hydrogen-bond donors (Lipinski definition) is 2. The van der Waals surface area contributed by atoms with Crippen molar-refractivity contribution < 1.29 is 18.3 Å². The molecule has 4 nitrogen and oxygen atoms in total. The second kappa shape index (κ2) is 6.28. The summed E-state index contributed by atoms with van der Waals surface area (Å²) in [5.41, 5.74) is 5.85. The largest absolute Gasteiger partial charge is 0.435 e. The third kappa shape index (κ3) is 4.30. The van der Waals surface area contributed by atoms with E-state index in [2.05, 4.69) is 5.10 Å². The lowest BCUT2D eigenvalue weighted by molar-refractivity contribution is -0.141. The molecule has 114 valence electrons. The first-order chi connectivity index (χ1) is 9.86. The molecule has 2 rings (SSSR count). The van der Waals surface area contributed by atoms with Crippen LogP contribution in [0.25, 0.3) is 0 Å². The van der Waals surface area contributed by atoms with Crippen LogP contribution in [0, 0.1) is 0 Å². The summed E-state index contributed by atoms with van der Waals surface area (Å²) in [6.07, 6.45) is -3.84. The first-order valence-electron chi connectivity index (χ1n) is 6.44. The van der Waals surface area contributed by atoms with Crippen molar-refractivity contribution in [2.75, 3.05) is 0 Å². The summed E-state index contributed by atoms with van der Waals surface area (Å²) in [6, 6.07) is 9.63. The van der Waals surface area contributed by atoms with Gasteiger partial charge in [0, 0.05) is 12.2 Å². The standard InChI is InChI=1S/C14H16F3N3O/c15-14(16,17)13-6-7-20(19-13)9-12(21)11(18)8-10-4-2-1-3-5-10/h1-7,11-12,21H,8-9,18H2. The van der Waals surface area contributed by atoms with Crippen LogP contribution in [0.4, 0.5) is 13.2 Å². The zero-order valence-electron chi connectivity index (χ0n) is 11.2. The van der Waals surface area contributed by atoms with Gasteiger partial charge in [0.1, 0.15) is 0 Å². The zero-order chi connectivity index (χ0) is 15.5. The number of halogens is 3. The van der Waals surface area contributed by atoms with Gasteiger partial charge in [-0.3, -0.25) is 4.68 Å². The summed E-state index contributed by atoms with van der Waals surface area (Å²) in [7, 11) is 0. The summed E-state index contributed by atoms with van der Waals surface area (Å²) in [5, 5.41) is 13.4. The van der Waals surface area contributed by atoms with Crippen LogP contribution < -0.4 is 5.73 Å². The third-order valence-electron chi connectivity index (χ3n) is 3.11. The molecule has 3 N–H and O–H groups in total. The minimum atomic E-state index is -4.48. The Morgan fingerprint density at radius 2 is 1.86 bits per heavy atom. The molecule has 2 aromatic rings. The van der Waals surface area contributed by atoms with Crippen LogP contribution in [0.15, 0.2) is 42.6 Å². The van der Waals surface area contributed by atoms with Crippen LogP contribution in [0.2, 0.25) is 0 Å². The van der Waals surface area contributed by atoms with Gasteiger partial charge in [0.2, 0.25) is 0 Å². The summed E-state index contributed by atoms with van der Waals surface area (Å²) >= 11 is 0. The van der Waals surface area contributed by atoms with E-state index in [1.54, 1.807) is 0 Å². The van der Waals surface area contributed by atoms with Gasteiger partial charge in [0.05, 0.1) is 12.6 Å². The Morgan fingerprint density at radius 1 is 1.19 bits per heavy atom. The predicted octanol–water partition coefficient (Wildman–Crippen LogP) is 1.83. The molecule has 2 unspecified atom stereocenters. The van der Waals surface area contributed by atoms with Gasteiger partial charge >= 0.3 is 6.18 Å². The lowest BCUT2D eigenvalue weighted by Crippen LogP contribution is -2.39. The maximum atomic E-state index is 12.4. The summed E-state index contributed by atoms with van der Waals surface area (Å²) in [5.74, 6) is 0. The molecule has 0 saturated carbocycles. The fourth-order valence-electron chi connectivity index (χ4n) is 1.96. The van der Waals surface area contributed by atoms with Gasteiger partial charge in [-0.1, -0.05) is 30.3 Å². The number of hydrogen-bond acceptors (Lipinski definition) is 3. The molecule has 0 amide bonds. The minimum Gasteiger partial charge on any atom is -0.390 e. The fourth-order valence-corrected chi connectivity index (χ4v) is 1.96. The summed E-state index contributed by atoms with van der Waals surface area (Å²) in [4.78, 5) is 0. The highest BCUT2D eigenvalue weighted by Gasteiger charge is 2.33. The van der Waals surface area contributed by atoms with Crippen molar-refractivity contribution in [1.29, 1.82) is 0 Å². The highest BCUT2D eigenvalue weighted by molar-refractivity contribution is 5.16. The average molecular weight is 299 g/mol. The molecule has 0 fully saturated rings. The quantitative estimate of drug-likeness (QED) is 0.885. The van der Waals surface area contributed by atoms with Crippen molar-refractivity contribution in [2.45, 2.75) is 31.3 Å². The van der Waals surface area contributed by atoms with Gasteiger partial charge in [-0.05, 0) is 18.1 Å². The van der Waals surface area contributed by atoms with Crippen LogP contribution in [-0.2, 0) is 19.1 Å². The van der Waals surface area contributed by atoms with Crippen LogP contribution in [0.5, 0.6) is 0 Å². The zero-order valence-corrected chi connectivity index (χ0v) is 11.2. The monoisotopic (exact) mass is 299 g/mol. The minimum absolute atomic E-state index is 0.0793. The van der Waals surface area contributed by atoms with E-state index in [1.165, 1.54) is 6.20 Å². The molecule has 0 spiro atoms. The van der Waals surface area contributed by atoms with Crippen LogP contribution in [0.3, 0.4) is 0 Å². The van der Waals surface area contributed by atoms with Crippen molar-refractivity contribution >= 4 is 0 Å². The van der Waals surface area contributed by atoms with E-state index in [0.29, 0.717) is 6.42 Å². The van der Waals surface area contributed by atoms with E-state index in [-0.39, 0.29) is 6.54 Å². The third-order valence-corrected chi connectivity index (χ3v) is 3.11. The SMILES string of the molecule is NC(Cc1ccccc1)C(O)Cn1ccc(C(F)(F)F)n1. The van der Waals surface area contributed by atoms with E-state index >= 15 is 0 Å². The molecule has 0 aliphatic carbocycles. The Balaban J connectivity index is 1.94. The highest BCUT2D eigenvalue weighted by atomic mass is 19.4. The fraction of sp³-hybridized carbons (Fsp3) is 0.357. The van der Waals surface area contributed by atoms with E-state index < -0.39 is 24.0 Å². The van der Waals surface area contributed by atoms with Crippen molar-refractivity contribution in [2.24, 2.45) is 5.73 Å². The average Bonchev–Trinajstić information content (AvgIpc) is 2.88. The maximum absolute atomic E-state index is 12.4. The van der Waals surface area contributed by atoms with Crippen LogP contribution in [0.1, 0.15) is 11.3 Å². The number of rotatable bonds is 5. The van der Waals surface area contributed by atoms with Gasteiger partial charge < -0.3 is 10.8 Å². The molecule has 0 bridgehead atoms. The summed E-state index contributed by atoms with van der Waals surface area (Å²) < 4.78 is 38.3. The van der Waals surface area contributed by atoms with Crippen molar-refractivity contribution in [1.82, 2.24) is 9.78 Å². The Morgan fingerprint density at radius 3 is 2.43 bits per heavy atom. The molecule has 0 aliphatic rings. The van der Waals surface area contributed by atoms with E-state index in [1.807, 2.05) is 30.3 Å². The van der Waals surface area contributed by atoms with Gasteiger partial charge in [-0.25, -0.2) is 0 Å². The van der Waals surface area contributed by atoms with E-state index in [0.717, 1.165) is 16.3 Å². The summed E-state index contributed by atoms with van der Waals surface area (Å²) in [6.45, 7) is -0.0793. The molecule has 1 aromatic carbocycles. The number of nitrogens with zero attached hydrogens (tertiary/aromatic N) is 2. The Bertz CT molecular complexity index is 568. The number of aromatic nitrogens is 2. The normalized spacial score (nSPS) is 14.9. The number of benzene rings is 1. The molecule has 0 radical (unpaired) electrons. The topological polar surface area (TPSA) is 64.1 Å². The Labute approximate surface area is 120 Å². The van der Waals surface area contributed by atoms with Gasteiger partial charge in [0.25, 0.3) is 0 Å². The molecule has 0 aliphatic heterocycles. The number of nitrogens with two attached hydrogens (primary N) is 1. The molecular formula is C14H16F3N3O. The predicted molar refractivity (Wildman–Crippen MR) is 71.4 cm³/mol. The van der Waals surface area contributed by atoms with Crippen LogP contribution in [-0.4, -0.2) is 27.0 Å². The number of aliphatic hydroxyl groups is 1. The number of alkyl halides is 3. The van der Waals surface area contributed by atoms with Gasteiger partial charge in [0.15, 0.2) is 5.69 Å². The molecule has 1 aromatic heterocycles. The van der Waals surface area contributed by atoms with Crippen molar-refractivity contribution in [3.8, 4) is 0 Å². The molecule has 2 atom stereocenters. The van der Waals surface area contributed by atoms with E-state index in [4.69, 9.17) is 5.73 Å². The lowest BCUT2D eigenvalue weighted by Gasteiger charge is -2.19. The second-order valence-electron chi connectivity index (χ2n) is 4.84. The molecule has 0 saturated heterocycles. The molecule has 7 heteroatoms. The second-order valence-corrected chi connectivity index (χ2v) is 4.84. The van der Waals surface area contributed by atoms with Gasteiger partial charge in [-0.15, -0.1) is 0 Å². The molecule has 1 heterocycles.